The summed E-state index contributed by atoms with van der Waals surface area (Å²) >= 11 is 0. The van der Waals surface area contributed by atoms with Gasteiger partial charge in [-0.15, -0.1) is 24.0 Å². The number of aryl methyl sites for hydroxylation is 2. The molecule has 0 aliphatic heterocycles. The molecule has 8 heteroatoms. The van der Waals surface area contributed by atoms with Gasteiger partial charge in [0.2, 0.25) is 0 Å². The maximum Gasteiger partial charge on any atom is 0.191 e. The van der Waals surface area contributed by atoms with Crippen LogP contribution in [0.1, 0.15) is 37.8 Å². The first-order valence-corrected chi connectivity index (χ1v) is 10.4. The van der Waals surface area contributed by atoms with Crippen LogP contribution in [0, 0.1) is 0 Å². The minimum absolute atomic E-state index is 0. The Bertz CT molecular complexity index is 713. The first kappa shape index (κ1) is 23.6. The second-order valence-electron chi connectivity index (χ2n) is 5.72. The standard InChI is InChI=1S/C19H28N4O2S.HI/c1-4-17-16(18(5-2)25-23-17)14-22-19(20-6-3)21-12-13-26(24)15-10-8-7-9-11-15;/h7-11H,4-6,12-14H2,1-3H3,(H2,20,21,22);1H. The van der Waals surface area contributed by atoms with Crippen molar-refractivity contribution in [3.63, 3.8) is 0 Å². The highest BCUT2D eigenvalue weighted by Gasteiger charge is 2.13. The lowest BCUT2D eigenvalue weighted by Crippen LogP contribution is -2.39. The molecule has 2 N–H and O–H groups in total. The fraction of sp³-hybridized carbons (Fsp3) is 0.474. The maximum atomic E-state index is 12.3. The molecule has 150 valence electrons. The van der Waals surface area contributed by atoms with E-state index in [9.17, 15) is 4.21 Å². The summed E-state index contributed by atoms with van der Waals surface area (Å²) in [5.74, 6) is 2.14. The molecule has 27 heavy (non-hydrogen) atoms. The van der Waals surface area contributed by atoms with E-state index in [4.69, 9.17) is 4.52 Å². The van der Waals surface area contributed by atoms with Gasteiger partial charge in [0.05, 0.1) is 23.0 Å². The van der Waals surface area contributed by atoms with Crippen LogP contribution in [0.25, 0.3) is 0 Å². The first-order valence-electron chi connectivity index (χ1n) is 9.11. The minimum Gasteiger partial charge on any atom is -0.361 e. The Morgan fingerprint density at radius 2 is 1.89 bits per heavy atom. The zero-order chi connectivity index (χ0) is 18.8. The van der Waals surface area contributed by atoms with Crippen molar-refractivity contribution in [2.75, 3.05) is 18.8 Å². The summed E-state index contributed by atoms with van der Waals surface area (Å²) in [6, 6.07) is 9.51. The Morgan fingerprint density at radius 3 is 2.52 bits per heavy atom. The van der Waals surface area contributed by atoms with Crippen molar-refractivity contribution in [3.8, 4) is 0 Å². The molecule has 1 atom stereocenters. The van der Waals surface area contributed by atoms with Crippen LogP contribution in [0.4, 0.5) is 0 Å². The summed E-state index contributed by atoms with van der Waals surface area (Å²) in [6.45, 7) is 8.00. The fourth-order valence-corrected chi connectivity index (χ4v) is 3.55. The summed E-state index contributed by atoms with van der Waals surface area (Å²) in [5.41, 5.74) is 2.03. The molecular weight excluding hydrogens is 475 g/mol. The van der Waals surface area contributed by atoms with Crippen molar-refractivity contribution in [3.05, 3.63) is 47.3 Å². The van der Waals surface area contributed by atoms with Crippen LogP contribution in [-0.4, -0.2) is 34.2 Å². The largest absolute Gasteiger partial charge is 0.361 e. The highest BCUT2D eigenvalue weighted by Crippen LogP contribution is 2.16. The van der Waals surface area contributed by atoms with E-state index in [-0.39, 0.29) is 24.0 Å². The molecule has 0 fully saturated rings. The third kappa shape index (κ3) is 7.25. The lowest BCUT2D eigenvalue weighted by molar-refractivity contribution is 0.380. The number of nitrogens with one attached hydrogen (secondary N) is 2. The number of aromatic nitrogens is 1. The smallest absolute Gasteiger partial charge is 0.191 e. The molecule has 2 aromatic rings. The highest BCUT2D eigenvalue weighted by atomic mass is 127. The van der Waals surface area contributed by atoms with Gasteiger partial charge in [0.15, 0.2) is 5.96 Å². The van der Waals surface area contributed by atoms with Gasteiger partial charge in [-0.2, -0.15) is 0 Å². The number of benzene rings is 1. The Labute approximate surface area is 181 Å². The van der Waals surface area contributed by atoms with Crippen molar-refractivity contribution in [2.24, 2.45) is 4.99 Å². The molecule has 0 aliphatic rings. The molecule has 0 amide bonds. The van der Waals surface area contributed by atoms with Gasteiger partial charge in [0.1, 0.15) is 5.76 Å². The molecule has 1 aromatic carbocycles. The van der Waals surface area contributed by atoms with Crippen LogP contribution in [0.5, 0.6) is 0 Å². The lowest BCUT2D eigenvalue weighted by Gasteiger charge is -2.11. The average Bonchev–Trinajstić information content (AvgIpc) is 3.08. The van der Waals surface area contributed by atoms with Gasteiger partial charge in [0, 0.05) is 35.7 Å². The van der Waals surface area contributed by atoms with Gasteiger partial charge in [-0.1, -0.05) is 37.2 Å². The second-order valence-corrected chi connectivity index (χ2v) is 7.29. The number of rotatable bonds is 9. The average molecular weight is 504 g/mol. The molecule has 0 saturated carbocycles. The SMILES string of the molecule is CCNC(=NCc1c(CC)noc1CC)NCCS(=O)c1ccccc1.I. The Kier molecular flexibility index (Phi) is 11.3. The number of halogens is 1. The second kappa shape index (κ2) is 12.9. The van der Waals surface area contributed by atoms with Crippen LogP contribution in [0.15, 0.2) is 44.7 Å². The van der Waals surface area contributed by atoms with E-state index in [1.165, 1.54) is 0 Å². The third-order valence-corrected chi connectivity index (χ3v) is 5.31. The van der Waals surface area contributed by atoms with E-state index in [0.717, 1.165) is 41.3 Å². The fourth-order valence-electron chi connectivity index (χ4n) is 2.57. The summed E-state index contributed by atoms with van der Waals surface area (Å²) < 4.78 is 17.7. The van der Waals surface area contributed by atoms with Gasteiger partial charge in [-0.25, -0.2) is 4.99 Å². The number of hydrogen-bond donors (Lipinski definition) is 2. The predicted molar refractivity (Wildman–Crippen MR) is 121 cm³/mol. The summed E-state index contributed by atoms with van der Waals surface area (Å²) in [7, 11) is -1.02. The van der Waals surface area contributed by atoms with Crippen molar-refractivity contribution < 1.29 is 8.73 Å². The molecule has 1 aromatic heterocycles. The third-order valence-electron chi connectivity index (χ3n) is 3.93. The molecule has 0 aliphatic carbocycles. The molecule has 2 rings (SSSR count). The minimum atomic E-state index is -1.02. The molecule has 1 unspecified atom stereocenters. The Morgan fingerprint density at radius 1 is 1.15 bits per heavy atom. The molecule has 0 spiro atoms. The Balaban J connectivity index is 0.00000364. The monoisotopic (exact) mass is 504 g/mol. The quantitative estimate of drug-likeness (QED) is 0.311. The van der Waals surface area contributed by atoms with Crippen molar-refractivity contribution >= 4 is 40.7 Å². The van der Waals surface area contributed by atoms with E-state index in [1.807, 2.05) is 37.3 Å². The van der Waals surface area contributed by atoms with Gasteiger partial charge in [-0.05, 0) is 25.5 Å². The van der Waals surface area contributed by atoms with Crippen LogP contribution < -0.4 is 10.6 Å². The van der Waals surface area contributed by atoms with Gasteiger partial charge in [0.25, 0.3) is 0 Å². The molecule has 0 saturated heterocycles. The topological polar surface area (TPSA) is 79.5 Å². The van der Waals surface area contributed by atoms with Gasteiger partial charge < -0.3 is 15.2 Å². The summed E-state index contributed by atoms with van der Waals surface area (Å²) in [5, 5.41) is 10.6. The van der Waals surface area contributed by atoms with Crippen LogP contribution >= 0.6 is 24.0 Å². The van der Waals surface area contributed by atoms with Gasteiger partial charge in [-0.3, -0.25) is 4.21 Å². The first-order chi connectivity index (χ1) is 12.7. The predicted octanol–water partition coefficient (Wildman–Crippen LogP) is 3.28. The van der Waals surface area contributed by atoms with E-state index in [1.54, 1.807) is 0 Å². The van der Waals surface area contributed by atoms with E-state index >= 15 is 0 Å². The van der Waals surface area contributed by atoms with Crippen LogP contribution in [-0.2, 0) is 30.2 Å². The summed E-state index contributed by atoms with van der Waals surface area (Å²) in [4.78, 5) is 5.49. The van der Waals surface area contributed by atoms with E-state index in [0.29, 0.717) is 24.8 Å². The lowest BCUT2D eigenvalue weighted by atomic mass is 10.1. The number of aliphatic imine (C=N–C) groups is 1. The highest BCUT2D eigenvalue weighted by molar-refractivity contribution is 14.0. The maximum absolute atomic E-state index is 12.3. The van der Waals surface area contributed by atoms with Crippen molar-refractivity contribution in [1.29, 1.82) is 0 Å². The number of hydrogen-bond acceptors (Lipinski definition) is 4. The molecule has 6 nitrogen and oxygen atoms in total. The van der Waals surface area contributed by atoms with Gasteiger partial charge >= 0.3 is 0 Å². The number of guanidine groups is 1. The zero-order valence-electron chi connectivity index (χ0n) is 16.2. The molecule has 0 radical (unpaired) electrons. The summed E-state index contributed by atoms with van der Waals surface area (Å²) in [6.07, 6.45) is 1.63. The normalized spacial score (nSPS) is 12.3. The molecular formula is C19H29IN4O2S. The van der Waals surface area contributed by atoms with Crippen molar-refractivity contribution in [1.82, 2.24) is 15.8 Å². The van der Waals surface area contributed by atoms with E-state index < -0.39 is 10.8 Å². The number of nitrogens with zero attached hydrogens (tertiary/aromatic N) is 2. The zero-order valence-corrected chi connectivity index (χ0v) is 19.3. The van der Waals surface area contributed by atoms with Crippen LogP contribution in [0.2, 0.25) is 0 Å². The Hall–Kier alpha value is -1.42. The van der Waals surface area contributed by atoms with Crippen molar-refractivity contribution in [2.45, 2.75) is 45.1 Å². The van der Waals surface area contributed by atoms with E-state index in [2.05, 4.69) is 34.6 Å². The van der Waals surface area contributed by atoms with Crippen LogP contribution in [0.3, 0.4) is 0 Å². The molecule has 1 heterocycles. The molecule has 0 bridgehead atoms.